The van der Waals surface area contributed by atoms with Crippen LogP contribution in [0.5, 0.6) is 5.75 Å². The highest BCUT2D eigenvalue weighted by atomic mass is 16.5. The number of aliphatic imine (C=N–C) groups is 1. The summed E-state index contributed by atoms with van der Waals surface area (Å²) >= 11 is 0. The minimum Gasteiger partial charge on any atom is -0.492 e. The number of rotatable bonds is 7. The van der Waals surface area contributed by atoms with Crippen LogP contribution in [-0.4, -0.2) is 101 Å². The average molecular weight is 433 g/mol. The molecule has 31 heavy (non-hydrogen) atoms. The van der Waals surface area contributed by atoms with Gasteiger partial charge >= 0.3 is 0 Å². The standard InChI is InChI=1S/C23H36N4O4/c1-24-23(27-10-15-31-22(18-27)21-6-3-11-30-21)25-17-19-4-2-5-20(16-19)29-14-9-26-7-12-28-13-8-26/h2,4-5,16,21-22H,3,6-15,17-18H2,1H3,(H,24,25). The maximum atomic E-state index is 5.99. The van der Waals surface area contributed by atoms with E-state index in [1.807, 2.05) is 19.2 Å². The van der Waals surface area contributed by atoms with E-state index in [1.54, 1.807) is 0 Å². The Balaban J connectivity index is 1.24. The number of nitrogens with zero attached hydrogens (tertiary/aromatic N) is 3. The smallest absolute Gasteiger partial charge is 0.194 e. The molecule has 0 aliphatic carbocycles. The molecule has 0 bridgehead atoms. The summed E-state index contributed by atoms with van der Waals surface area (Å²) in [5, 5.41) is 3.50. The van der Waals surface area contributed by atoms with Crippen LogP contribution in [0.15, 0.2) is 29.3 Å². The normalized spacial score (nSPS) is 25.6. The van der Waals surface area contributed by atoms with Gasteiger partial charge in [0.1, 0.15) is 18.5 Å². The van der Waals surface area contributed by atoms with Gasteiger partial charge in [0, 0.05) is 52.9 Å². The van der Waals surface area contributed by atoms with E-state index < -0.39 is 0 Å². The Morgan fingerprint density at radius 3 is 2.81 bits per heavy atom. The third-order valence-corrected chi connectivity index (χ3v) is 6.11. The van der Waals surface area contributed by atoms with Gasteiger partial charge in [-0.1, -0.05) is 12.1 Å². The molecule has 3 saturated heterocycles. The third kappa shape index (κ3) is 6.55. The fourth-order valence-corrected chi connectivity index (χ4v) is 4.36. The van der Waals surface area contributed by atoms with Crippen molar-refractivity contribution in [2.24, 2.45) is 4.99 Å². The van der Waals surface area contributed by atoms with Gasteiger partial charge < -0.3 is 29.2 Å². The van der Waals surface area contributed by atoms with Gasteiger partial charge in [-0.05, 0) is 30.5 Å². The molecule has 1 aromatic carbocycles. The summed E-state index contributed by atoms with van der Waals surface area (Å²) in [5.74, 6) is 1.82. The van der Waals surface area contributed by atoms with Crippen LogP contribution in [0.25, 0.3) is 0 Å². The Hall–Kier alpha value is -1.87. The van der Waals surface area contributed by atoms with Gasteiger partial charge in [-0.3, -0.25) is 9.89 Å². The fourth-order valence-electron chi connectivity index (χ4n) is 4.36. The molecule has 172 valence electrons. The Morgan fingerprint density at radius 2 is 2.00 bits per heavy atom. The molecule has 8 nitrogen and oxygen atoms in total. The van der Waals surface area contributed by atoms with Crippen LogP contribution in [0.3, 0.4) is 0 Å². The first kappa shape index (κ1) is 22.3. The molecule has 0 amide bonds. The molecular formula is C23H36N4O4. The highest BCUT2D eigenvalue weighted by Gasteiger charge is 2.32. The predicted octanol–water partition coefficient (Wildman–Crippen LogP) is 1.35. The zero-order valence-corrected chi connectivity index (χ0v) is 18.6. The maximum Gasteiger partial charge on any atom is 0.194 e. The van der Waals surface area contributed by atoms with Crippen LogP contribution in [-0.2, 0) is 20.8 Å². The molecule has 2 atom stereocenters. The number of hydrogen-bond acceptors (Lipinski definition) is 6. The van der Waals surface area contributed by atoms with Gasteiger partial charge in [-0.25, -0.2) is 0 Å². The van der Waals surface area contributed by atoms with Crippen molar-refractivity contribution in [3.05, 3.63) is 29.8 Å². The topological polar surface area (TPSA) is 67.8 Å². The lowest BCUT2D eigenvalue weighted by Gasteiger charge is -2.37. The van der Waals surface area contributed by atoms with Gasteiger partial charge in [0.25, 0.3) is 0 Å². The molecule has 2 unspecified atom stereocenters. The minimum atomic E-state index is 0.123. The summed E-state index contributed by atoms with van der Waals surface area (Å²) in [6.07, 6.45) is 2.55. The van der Waals surface area contributed by atoms with Crippen molar-refractivity contribution in [3.8, 4) is 5.75 Å². The fraction of sp³-hybridized carbons (Fsp3) is 0.696. The lowest BCUT2D eigenvalue weighted by molar-refractivity contribution is -0.0817. The molecule has 0 spiro atoms. The molecule has 1 N–H and O–H groups in total. The zero-order chi connectivity index (χ0) is 21.3. The first-order chi connectivity index (χ1) is 15.3. The monoisotopic (exact) mass is 432 g/mol. The molecule has 3 fully saturated rings. The molecule has 0 radical (unpaired) electrons. The van der Waals surface area contributed by atoms with E-state index in [0.717, 1.165) is 77.1 Å². The van der Waals surface area contributed by atoms with Crippen molar-refractivity contribution >= 4 is 5.96 Å². The van der Waals surface area contributed by atoms with E-state index in [4.69, 9.17) is 18.9 Å². The summed E-state index contributed by atoms with van der Waals surface area (Å²) in [6.45, 7) is 9.15. The lowest BCUT2D eigenvalue weighted by atomic mass is 10.1. The second-order valence-electron chi connectivity index (χ2n) is 8.26. The van der Waals surface area contributed by atoms with Crippen LogP contribution in [0.4, 0.5) is 0 Å². The SMILES string of the molecule is CN=C(NCc1cccc(OCCN2CCOCC2)c1)N1CCOC(C2CCCO2)C1. The summed E-state index contributed by atoms with van der Waals surface area (Å²) in [4.78, 5) is 9.16. The van der Waals surface area contributed by atoms with Crippen molar-refractivity contribution in [3.63, 3.8) is 0 Å². The largest absolute Gasteiger partial charge is 0.492 e. The van der Waals surface area contributed by atoms with Crippen molar-refractivity contribution < 1.29 is 18.9 Å². The molecule has 0 saturated carbocycles. The number of benzene rings is 1. The van der Waals surface area contributed by atoms with E-state index >= 15 is 0 Å². The van der Waals surface area contributed by atoms with Gasteiger partial charge in [0.15, 0.2) is 5.96 Å². The molecular weight excluding hydrogens is 396 g/mol. The van der Waals surface area contributed by atoms with Crippen LogP contribution < -0.4 is 10.1 Å². The molecule has 1 aromatic rings. The van der Waals surface area contributed by atoms with Crippen molar-refractivity contribution in [2.75, 3.05) is 72.8 Å². The third-order valence-electron chi connectivity index (χ3n) is 6.11. The summed E-state index contributed by atoms with van der Waals surface area (Å²) in [6, 6.07) is 8.29. The van der Waals surface area contributed by atoms with Crippen molar-refractivity contribution in [1.82, 2.24) is 15.1 Å². The lowest BCUT2D eigenvalue weighted by Crippen LogP contribution is -2.53. The minimum absolute atomic E-state index is 0.123. The van der Waals surface area contributed by atoms with Crippen LogP contribution >= 0.6 is 0 Å². The van der Waals surface area contributed by atoms with Gasteiger partial charge in [0.05, 0.1) is 25.9 Å². The van der Waals surface area contributed by atoms with Crippen LogP contribution in [0.1, 0.15) is 18.4 Å². The quantitative estimate of drug-likeness (QED) is 0.515. The van der Waals surface area contributed by atoms with E-state index in [9.17, 15) is 0 Å². The molecule has 4 rings (SSSR count). The van der Waals surface area contributed by atoms with Crippen LogP contribution in [0, 0.1) is 0 Å². The first-order valence-electron chi connectivity index (χ1n) is 11.5. The van der Waals surface area contributed by atoms with E-state index in [0.29, 0.717) is 19.8 Å². The molecule has 0 aromatic heterocycles. The van der Waals surface area contributed by atoms with Gasteiger partial charge in [-0.15, -0.1) is 0 Å². The Kier molecular flexibility index (Phi) is 8.40. The van der Waals surface area contributed by atoms with Gasteiger partial charge in [-0.2, -0.15) is 0 Å². The molecule has 8 heteroatoms. The highest BCUT2D eigenvalue weighted by Crippen LogP contribution is 2.21. The Labute approximate surface area is 185 Å². The molecule has 3 aliphatic heterocycles. The Bertz CT molecular complexity index is 705. The van der Waals surface area contributed by atoms with E-state index in [-0.39, 0.29) is 12.2 Å². The molecule has 3 aliphatic rings. The number of morpholine rings is 2. The van der Waals surface area contributed by atoms with E-state index in [2.05, 4.69) is 32.2 Å². The summed E-state index contributed by atoms with van der Waals surface area (Å²) < 4.78 is 23.2. The van der Waals surface area contributed by atoms with Crippen LogP contribution in [0.2, 0.25) is 0 Å². The second-order valence-corrected chi connectivity index (χ2v) is 8.26. The Morgan fingerprint density at radius 1 is 1.13 bits per heavy atom. The van der Waals surface area contributed by atoms with E-state index in [1.165, 1.54) is 5.56 Å². The summed E-state index contributed by atoms with van der Waals surface area (Å²) in [5.41, 5.74) is 1.17. The molecule has 3 heterocycles. The second kappa shape index (κ2) is 11.7. The number of ether oxygens (including phenoxy) is 4. The summed E-state index contributed by atoms with van der Waals surface area (Å²) in [7, 11) is 1.84. The number of nitrogens with one attached hydrogen (secondary N) is 1. The van der Waals surface area contributed by atoms with Crippen molar-refractivity contribution in [2.45, 2.75) is 31.6 Å². The number of hydrogen-bond donors (Lipinski definition) is 1. The first-order valence-corrected chi connectivity index (χ1v) is 11.5. The predicted molar refractivity (Wildman–Crippen MR) is 120 cm³/mol. The average Bonchev–Trinajstić information content (AvgIpc) is 3.36. The number of guanidine groups is 1. The maximum absolute atomic E-state index is 5.99. The van der Waals surface area contributed by atoms with Crippen molar-refractivity contribution in [1.29, 1.82) is 0 Å². The highest BCUT2D eigenvalue weighted by molar-refractivity contribution is 5.80. The zero-order valence-electron chi connectivity index (χ0n) is 18.6. The van der Waals surface area contributed by atoms with Gasteiger partial charge in [0.2, 0.25) is 0 Å².